The van der Waals surface area contributed by atoms with Crippen LogP contribution in [0.1, 0.15) is 18.9 Å². The van der Waals surface area contributed by atoms with Crippen LogP contribution < -0.4 is 4.74 Å². The van der Waals surface area contributed by atoms with Crippen LogP contribution in [0.4, 0.5) is 0 Å². The van der Waals surface area contributed by atoms with E-state index in [1.165, 1.54) is 4.90 Å². The number of carbonyl (C=O) groups is 1. The summed E-state index contributed by atoms with van der Waals surface area (Å²) in [5.41, 5.74) is 0.912. The highest BCUT2D eigenvalue weighted by atomic mass is 32.2. The summed E-state index contributed by atoms with van der Waals surface area (Å²) >= 11 is 0. The van der Waals surface area contributed by atoms with Crippen molar-refractivity contribution < 1.29 is 22.7 Å². The molecule has 1 saturated heterocycles. The molecule has 0 aliphatic carbocycles. The molecule has 2 rings (SSSR count). The van der Waals surface area contributed by atoms with Crippen molar-refractivity contribution in [1.29, 1.82) is 0 Å². The zero-order valence-electron chi connectivity index (χ0n) is 13.7. The molecule has 1 aromatic carbocycles. The van der Waals surface area contributed by atoms with Gasteiger partial charge in [-0.1, -0.05) is 12.1 Å². The molecule has 128 valence electrons. The lowest BCUT2D eigenvalue weighted by molar-refractivity contribution is -0.143. The summed E-state index contributed by atoms with van der Waals surface area (Å²) in [6.07, 6.45) is -0.137. The fraction of sp³-hybridized carbons (Fsp3) is 0.562. The van der Waals surface area contributed by atoms with Crippen LogP contribution in [0.25, 0.3) is 0 Å². The van der Waals surface area contributed by atoms with E-state index in [0.717, 1.165) is 11.3 Å². The van der Waals surface area contributed by atoms with Crippen molar-refractivity contribution in [3.63, 3.8) is 0 Å². The molecule has 0 spiro atoms. The number of carbonyl (C=O) groups excluding carboxylic acids is 1. The second-order valence-corrected chi connectivity index (χ2v) is 8.04. The predicted octanol–water partition coefficient (Wildman–Crippen LogP) is 1.25. The van der Waals surface area contributed by atoms with E-state index < -0.39 is 15.9 Å². The number of hydrogen-bond donors (Lipinski definition) is 0. The number of nitrogens with zero attached hydrogens (tertiary/aromatic N) is 1. The Morgan fingerprint density at radius 1 is 1.43 bits per heavy atom. The maximum absolute atomic E-state index is 12.4. The number of benzene rings is 1. The molecule has 6 nitrogen and oxygen atoms in total. The van der Waals surface area contributed by atoms with Crippen molar-refractivity contribution in [1.82, 2.24) is 4.90 Å². The minimum Gasteiger partial charge on any atom is -0.497 e. The number of amides is 1. The summed E-state index contributed by atoms with van der Waals surface area (Å²) in [4.78, 5) is 13.9. The van der Waals surface area contributed by atoms with Crippen LogP contribution in [0.15, 0.2) is 24.3 Å². The molecule has 1 heterocycles. The van der Waals surface area contributed by atoms with Gasteiger partial charge in [0.05, 0.1) is 25.2 Å². The molecule has 1 aromatic rings. The molecule has 1 aliphatic heterocycles. The van der Waals surface area contributed by atoms with Crippen molar-refractivity contribution in [3.8, 4) is 5.75 Å². The standard InChI is InChI=1S/C16H23NO5S/c1-12(22-10-13-5-4-6-15(9-13)21-3)16(18)17(2)14-7-8-23(19,20)11-14/h4-6,9,12,14H,7-8,10-11H2,1-3H3/t12-,14+/m0/s1. The Hall–Kier alpha value is -1.60. The molecule has 0 radical (unpaired) electrons. The minimum absolute atomic E-state index is 0.0395. The smallest absolute Gasteiger partial charge is 0.251 e. The molecule has 1 fully saturated rings. The molecule has 23 heavy (non-hydrogen) atoms. The first kappa shape index (κ1) is 17.7. The summed E-state index contributed by atoms with van der Waals surface area (Å²) in [6.45, 7) is 1.98. The van der Waals surface area contributed by atoms with Gasteiger partial charge in [-0.05, 0) is 31.0 Å². The fourth-order valence-electron chi connectivity index (χ4n) is 2.60. The Morgan fingerprint density at radius 2 is 2.17 bits per heavy atom. The quantitative estimate of drug-likeness (QED) is 0.778. The number of likely N-dealkylation sites (N-methyl/N-ethyl adjacent to an activating group) is 1. The lowest BCUT2D eigenvalue weighted by Gasteiger charge is -2.26. The van der Waals surface area contributed by atoms with Crippen LogP contribution in [-0.2, 0) is 26.0 Å². The highest BCUT2D eigenvalue weighted by molar-refractivity contribution is 7.91. The molecule has 0 bridgehead atoms. The SMILES string of the molecule is COc1cccc(CO[C@@H](C)C(=O)N(C)[C@@H]2CCS(=O)(=O)C2)c1. The van der Waals surface area contributed by atoms with Gasteiger partial charge in [0.2, 0.25) is 0 Å². The third-order valence-electron chi connectivity index (χ3n) is 4.09. The van der Waals surface area contributed by atoms with Gasteiger partial charge in [0.1, 0.15) is 11.9 Å². The maximum atomic E-state index is 12.4. The number of rotatable bonds is 6. The van der Waals surface area contributed by atoms with Gasteiger partial charge in [0, 0.05) is 13.1 Å². The summed E-state index contributed by atoms with van der Waals surface area (Å²) < 4.78 is 33.8. The second-order valence-electron chi connectivity index (χ2n) is 5.81. The third kappa shape index (κ3) is 4.68. The molecular formula is C16H23NO5S. The van der Waals surface area contributed by atoms with Crippen LogP contribution in [-0.4, -0.2) is 57.0 Å². The molecule has 0 N–H and O–H groups in total. The molecule has 0 saturated carbocycles. The van der Waals surface area contributed by atoms with Gasteiger partial charge in [-0.25, -0.2) is 8.42 Å². The van der Waals surface area contributed by atoms with Crippen LogP contribution in [0, 0.1) is 0 Å². The van der Waals surface area contributed by atoms with E-state index >= 15 is 0 Å². The van der Waals surface area contributed by atoms with Crippen molar-refractivity contribution >= 4 is 15.7 Å². The zero-order chi connectivity index (χ0) is 17.0. The molecule has 1 amide bonds. The van der Waals surface area contributed by atoms with Crippen molar-refractivity contribution in [3.05, 3.63) is 29.8 Å². The van der Waals surface area contributed by atoms with E-state index in [0.29, 0.717) is 13.0 Å². The molecule has 2 atom stereocenters. The number of sulfone groups is 1. The average Bonchev–Trinajstić information content (AvgIpc) is 2.91. The van der Waals surface area contributed by atoms with Crippen molar-refractivity contribution in [2.75, 3.05) is 25.7 Å². The molecule has 0 aromatic heterocycles. The first-order chi connectivity index (χ1) is 10.8. The highest BCUT2D eigenvalue weighted by Gasteiger charge is 2.34. The normalized spacial score (nSPS) is 20.9. The van der Waals surface area contributed by atoms with Gasteiger partial charge in [-0.15, -0.1) is 0 Å². The predicted molar refractivity (Wildman–Crippen MR) is 87.1 cm³/mol. The van der Waals surface area contributed by atoms with E-state index in [1.54, 1.807) is 21.1 Å². The van der Waals surface area contributed by atoms with E-state index in [-0.39, 0.29) is 23.5 Å². The maximum Gasteiger partial charge on any atom is 0.251 e. The van der Waals surface area contributed by atoms with Crippen LogP contribution in [0.2, 0.25) is 0 Å². The third-order valence-corrected chi connectivity index (χ3v) is 5.84. The Labute approximate surface area is 137 Å². The van der Waals surface area contributed by atoms with Gasteiger partial charge < -0.3 is 14.4 Å². The lowest BCUT2D eigenvalue weighted by atomic mass is 10.2. The van der Waals surface area contributed by atoms with Crippen molar-refractivity contribution in [2.45, 2.75) is 32.1 Å². The summed E-state index contributed by atoms with van der Waals surface area (Å²) in [7, 11) is 0.221. The zero-order valence-corrected chi connectivity index (χ0v) is 14.5. The van der Waals surface area contributed by atoms with Gasteiger partial charge in [0.25, 0.3) is 5.91 Å². The topological polar surface area (TPSA) is 72.9 Å². The van der Waals surface area contributed by atoms with Crippen LogP contribution in [0.3, 0.4) is 0 Å². The van der Waals surface area contributed by atoms with E-state index in [4.69, 9.17) is 9.47 Å². The van der Waals surface area contributed by atoms with Gasteiger partial charge in [-0.2, -0.15) is 0 Å². The van der Waals surface area contributed by atoms with E-state index in [9.17, 15) is 13.2 Å². The van der Waals surface area contributed by atoms with Crippen LogP contribution in [0.5, 0.6) is 5.75 Å². The monoisotopic (exact) mass is 341 g/mol. The Morgan fingerprint density at radius 3 is 2.78 bits per heavy atom. The Balaban J connectivity index is 1.89. The van der Waals surface area contributed by atoms with Crippen LogP contribution >= 0.6 is 0 Å². The number of hydrogen-bond acceptors (Lipinski definition) is 5. The Kier molecular flexibility index (Phi) is 5.64. The largest absolute Gasteiger partial charge is 0.497 e. The average molecular weight is 341 g/mol. The van der Waals surface area contributed by atoms with Crippen molar-refractivity contribution in [2.24, 2.45) is 0 Å². The molecule has 1 aliphatic rings. The second kappa shape index (κ2) is 7.31. The minimum atomic E-state index is -3.01. The van der Waals surface area contributed by atoms with E-state index in [1.807, 2.05) is 24.3 Å². The van der Waals surface area contributed by atoms with Gasteiger partial charge in [0.15, 0.2) is 9.84 Å². The molecule has 7 heteroatoms. The number of methoxy groups -OCH3 is 1. The van der Waals surface area contributed by atoms with E-state index in [2.05, 4.69) is 0 Å². The first-order valence-corrected chi connectivity index (χ1v) is 9.36. The Bertz CT molecular complexity index is 658. The summed E-state index contributed by atoms with van der Waals surface area (Å²) in [6, 6.07) is 7.19. The fourth-order valence-corrected chi connectivity index (χ4v) is 4.38. The van der Waals surface area contributed by atoms with Gasteiger partial charge in [-0.3, -0.25) is 4.79 Å². The first-order valence-electron chi connectivity index (χ1n) is 7.54. The molecule has 0 unspecified atom stereocenters. The number of ether oxygens (including phenoxy) is 2. The van der Waals surface area contributed by atoms with Gasteiger partial charge >= 0.3 is 0 Å². The summed E-state index contributed by atoms with van der Waals surface area (Å²) in [5, 5.41) is 0. The summed E-state index contributed by atoms with van der Waals surface area (Å²) in [5.74, 6) is 0.722. The molecular weight excluding hydrogens is 318 g/mol. The lowest BCUT2D eigenvalue weighted by Crippen LogP contribution is -2.43. The highest BCUT2D eigenvalue weighted by Crippen LogP contribution is 2.18.